The molecule has 0 aliphatic carbocycles. The molecule has 2 aromatic rings. The Labute approximate surface area is 179 Å². The van der Waals surface area contributed by atoms with Gasteiger partial charge in [0, 0.05) is 45.2 Å². The summed E-state index contributed by atoms with van der Waals surface area (Å²) in [7, 11) is 0. The molecule has 0 aromatic heterocycles. The molecular weight excluding hydrogens is 374 g/mol. The maximum atomic E-state index is 12.4. The number of benzene rings is 2. The SMILES string of the molecule is CC(=O)NCc1ccc(C(=O)NCc2ccc(CN3C[C@H](C)C[C@H](C)C3)cc2)cc1. The lowest BCUT2D eigenvalue weighted by Crippen LogP contribution is -2.38. The summed E-state index contributed by atoms with van der Waals surface area (Å²) < 4.78 is 0. The third-order valence-corrected chi connectivity index (χ3v) is 5.58. The second kappa shape index (κ2) is 10.4. The van der Waals surface area contributed by atoms with Crippen molar-refractivity contribution in [3.05, 3.63) is 70.8 Å². The summed E-state index contributed by atoms with van der Waals surface area (Å²) >= 11 is 0. The number of amides is 2. The van der Waals surface area contributed by atoms with Crippen molar-refractivity contribution < 1.29 is 9.59 Å². The number of hydrogen-bond donors (Lipinski definition) is 2. The van der Waals surface area contributed by atoms with Crippen molar-refractivity contribution in [1.82, 2.24) is 15.5 Å². The Kier molecular flexibility index (Phi) is 7.63. The second-order valence-corrected chi connectivity index (χ2v) is 8.75. The van der Waals surface area contributed by atoms with E-state index >= 15 is 0 Å². The summed E-state index contributed by atoms with van der Waals surface area (Å²) in [5, 5.41) is 5.73. The van der Waals surface area contributed by atoms with E-state index in [1.54, 1.807) is 12.1 Å². The predicted molar refractivity (Wildman–Crippen MR) is 120 cm³/mol. The van der Waals surface area contributed by atoms with Crippen LogP contribution < -0.4 is 10.6 Å². The van der Waals surface area contributed by atoms with Crippen LogP contribution in [-0.4, -0.2) is 29.8 Å². The molecule has 1 fully saturated rings. The molecule has 5 nitrogen and oxygen atoms in total. The van der Waals surface area contributed by atoms with E-state index in [9.17, 15) is 9.59 Å². The van der Waals surface area contributed by atoms with Crippen molar-refractivity contribution in [2.24, 2.45) is 11.8 Å². The van der Waals surface area contributed by atoms with Gasteiger partial charge in [0.25, 0.3) is 5.91 Å². The first-order valence-electron chi connectivity index (χ1n) is 10.8. The largest absolute Gasteiger partial charge is 0.352 e. The number of piperidine rings is 1. The summed E-state index contributed by atoms with van der Waals surface area (Å²) in [4.78, 5) is 25.9. The van der Waals surface area contributed by atoms with Crippen LogP contribution in [0.2, 0.25) is 0 Å². The zero-order valence-corrected chi connectivity index (χ0v) is 18.3. The minimum absolute atomic E-state index is 0.0668. The number of hydrogen-bond acceptors (Lipinski definition) is 3. The van der Waals surface area contributed by atoms with Crippen molar-refractivity contribution >= 4 is 11.8 Å². The molecule has 0 bridgehead atoms. The molecule has 2 aromatic carbocycles. The van der Waals surface area contributed by atoms with Gasteiger partial charge >= 0.3 is 0 Å². The Morgan fingerprint density at radius 3 is 1.90 bits per heavy atom. The fraction of sp³-hybridized carbons (Fsp3) is 0.440. The highest BCUT2D eigenvalue weighted by molar-refractivity contribution is 5.94. The Morgan fingerprint density at radius 1 is 0.833 bits per heavy atom. The molecule has 3 rings (SSSR count). The fourth-order valence-corrected chi connectivity index (χ4v) is 4.23. The maximum Gasteiger partial charge on any atom is 0.251 e. The first-order chi connectivity index (χ1) is 14.4. The van der Waals surface area contributed by atoms with Gasteiger partial charge in [0.05, 0.1) is 0 Å². The van der Waals surface area contributed by atoms with Crippen LogP contribution in [0.25, 0.3) is 0 Å². The second-order valence-electron chi connectivity index (χ2n) is 8.75. The summed E-state index contributed by atoms with van der Waals surface area (Å²) in [5.41, 5.74) is 4.00. The summed E-state index contributed by atoms with van der Waals surface area (Å²) in [6.45, 7) is 10.5. The minimum Gasteiger partial charge on any atom is -0.352 e. The van der Waals surface area contributed by atoms with E-state index in [0.717, 1.165) is 29.5 Å². The first kappa shape index (κ1) is 22.0. The molecule has 2 atom stereocenters. The standard InChI is InChI=1S/C25H33N3O2/c1-18-12-19(2)16-28(15-18)17-23-6-4-21(5-7-23)14-27-25(30)24-10-8-22(9-11-24)13-26-20(3)29/h4-11,18-19H,12-17H2,1-3H3,(H,26,29)(H,27,30)/t18-,19+. The van der Waals surface area contributed by atoms with Crippen LogP contribution in [0.1, 0.15) is 54.2 Å². The van der Waals surface area contributed by atoms with E-state index in [1.807, 2.05) is 12.1 Å². The normalized spacial score (nSPS) is 19.3. The van der Waals surface area contributed by atoms with Crippen molar-refractivity contribution in [3.8, 4) is 0 Å². The summed E-state index contributed by atoms with van der Waals surface area (Å²) in [6.07, 6.45) is 1.33. The molecule has 5 heteroatoms. The lowest BCUT2D eigenvalue weighted by atomic mass is 9.91. The smallest absolute Gasteiger partial charge is 0.251 e. The number of rotatable bonds is 7. The van der Waals surface area contributed by atoms with Gasteiger partial charge in [-0.05, 0) is 47.1 Å². The highest BCUT2D eigenvalue weighted by Crippen LogP contribution is 2.22. The van der Waals surface area contributed by atoms with Gasteiger partial charge in [0.1, 0.15) is 0 Å². The lowest BCUT2D eigenvalue weighted by Gasteiger charge is -2.35. The van der Waals surface area contributed by atoms with Crippen LogP contribution in [0.5, 0.6) is 0 Å². The van der Waals surface area contributed by atoms with Crippen LogP contribution in [0.15, 0.2) is 48.5 Å². The van der Waals surface area contributed by atoms with Crippen LogP contribution in [-0.2, 0) is 24.4 Å². The molecule has 2 N–H and O–H groups in total. The molecule has 1 heterocycles. The van der Waals surface area contributed by atoms with Crippen molar-refractivity contribution in [2.45, 2.75) is 46.8 Å². The van der Waals surface area contributed by atoms with E-state index in [1.165, 1.54) is 32.0 Å². The number of carbonyl (C=O) groups excluding carboxylic acids is 2. The van der Waals surface area contributed by atoms with Gasteiger partial charge in [-0.25, -0.2) is 0 Å². The van der Waals surface area contributed by atoms with E-state index < -0.39 is 0 Å². The van der Waals surface area contributed by atoms with Gasteiger partial charge < -0.3 is 10.6 Å². The monoisotopic (exact) mass is 407 g/mol. The summed E-state index contributed by atoms with van der Waals surface area (Å²) in [6, 6.07) is 15.8. The fourth-order valence-electron chi connectivity index (χ4n) is 4.23. The average Bonchev–Trinajstić information content (AvgIpc) is 2.71. The highest BCUT2D eigenvalue weighted by Gasteiger charge is 2.21. The number of nitrogens with zero attached hydrogens (tertiary/aromatic N) is 1. The first-order valence-corrected chi connectivity index (χ1v) is 10.8. The third-order valence-electron chi connectivity index (χ3n) is 5.58. The Morgan fingerprint density at radius 2 is 1.33 bits per heavy atom. The number of nitrogens with one attached hydrogen (secondary N) is 2. The van der Waals surface area contributed by atoms with Gasteiger partial charge in [-0.15, -0.1) is 0 Å². The molecule has 2 amide bonds. The molecule has 1 saturated heterocycles. The predicted octanol–water partition coefficient (Wildman–Crippen LogP) is 3.73. The quantitative estimate of drug-likeness (QED) is 0.735. The van der Waals surface area contributed by atoms with Crippen LogP contribution in [0.3, 0.4) is 0 Å². The van der Waals surface area contributed by atoms with Crippen molar-refractivity contribution in [2.75, 3.05) is 13.1 Å². The highest BCUT2D eigenvalue weighted by atomic mass is 16.2. The number of likely N-dealkylation sites (tertiary alicyclic amines) is 1. The van der Waals surface area contributed by atoms with E-state index in [2.05, 4.69) is 53.6 Å². The molecule has 1 aliphatic heterocycles. The van der Waals surface area contributed by atoms with E-state index in [4.69, 9.17) is 0 Å². The topological polar surface area (TPSA) is 61.4 Å². The van der Waals surface area contributed by atoms with Gasteiger partial charge in [-0.3, -0.25) is 14.5 Å². The maximum absolute atomic E-state index is 12.4. The third kappa shape index (κ3) is 6.70. The molecule has 0 saturated carbocycles. The van der Waals surface area contributed by atoms with Crippen LogP contribution in [0.4, 0.5) is 0 Å². The van der Waals surface area contributed by atoms with Gasteiger partial charge in [-0.1, -0.05) is 50.2 Å². The molecule has 0 radical (unpaired) electrons. The molecular formula is C25H33N3O2. The van der Waals surface area contributed by atoms with Crippen molar-refractivity contribution in [1.29, 1.82) is 0 Å². The molecule has 0 unspecified atom stereocenters. The average molecular weight is 408 g/mol. The molecule has 160 valence electrons. The summed E-state index contributed by atoms with van der Waals surface area (Å²) in [5.74, 6) is 1.37. The molecule has 0 spiro atoms. The van der Waals surface area contributed by atoms with E-state index in [0.29, 0.717) is 18.7 Å². The van der Waals surface area contributed by atoms with Gasteiger partial charge in [0.2, 0.25) is 5.91 Å². The Bertz CT molecular complexity index is 836. The van der Waals surface area contributed by atoms with Gasteiger partial charge in [0.15, 0.2) is 0 Å². The van der Waals surface area contributed by atoms with Crippen LogP contribution >= 0.6 is 0 Å². The van der Waals surface area contributed by atoms with Crippen LogP contribution in [0, 0.1) is 11.8 Å². The number of carbonyl (C=O) groups is 2. The molecule has 30 heavy (non-hydrogen) atoms. The Balaban J connectivity index is 1.47. The van der Waals surface area contributed by atoms with E-state index in [-0.39, 0.29) is 11.8 Å². The zero-order chi connectivity index (χ0) is 21.5. The zero-order valence-electron chi connectivity index (χ0n) is 18.3. The minimum atomic E-state index is -0.0959. The lowest BCUT2D eigenvalue weighted by molar-refractivity contribution is -0.119. The Hall–Kier alpha value is -2.66. The van der Waals surface area contributed by atoms with Gasteiger partial charge in [-0.2, -0.15) is 0 Å². The molecule has 1 aliphatic rings. The van der Waals surface area contributed by atoms with Crippen molar-refractivity contribution in [3.63, 3.8) is 0 Å².